The van der Waals surface area contributed by atoms with Gasteiger partial charge >= 0.3 is 0 Å². The van der Waals surface area contributed by atoms with Crippen LogP contribution in [0.5, 0.6) is 0 Å². The van der Waals surface area contributed by atoms with E-state index in [-0.39, 0.29) is 6.04 Å². The van der Waals surface area contributed by atoms with Crippen LogP contribution in [0.3, 0.4) is 0 Å². The molecule has 0 saturated carbocycles. The molecular weight excluding hydrogens is 250 g/mol. The van der Waals surface area contributed by atoms with Crippen LogP contribution in [0.4, 0.5) is 5.82 Å². The molecule has 1 saturated heterocycles. The molecule has 4 nitrogen and oxygen atoms in total. The number of nitrogens with zero attached hydrogens (tertiary/aromatic N) is 2. The smallest absolute Gasteiger partial charge is 0.131 e. The Hall–Kier alpha value is -1.13. The van der Waals surface area contributed by atoms with Gasteiger partial charge in [-0.15, -0.1) is 0 Å². The normalized spacial score (nSPS) is 21.0. The molecule has 1 aromatic heterocycles. The molecule has 2 rings (SSSR count). The second-order valence-corrected chi connectivity index (χ2v) is 5.83. The average molecular weight is 277 g/mol. The maximum Gasteiger partial charge on any atom is 0.131 e. The zero-order valence-corrected chi connectivity index (χ0v) is 12.9. The molecule has 0 bridgehead atoms. The van der Waals surface area contributed by atoms with Crippen LogP contribution in [0.15, 0.2) is 12.3 Å². The van der Waals surface area contributed by atoms with Gasteiger partial charge in [0, 0.05) is 31.9 Å². The molecule has 2 heterocycles. The van der Waals surface area contributed by atoms with Gasteiger partial charge in [-0.05, 0) is 51.2 Å². The number of hydrogen-bond acceptors (Lipinski definition) is 4. The van der Waals surface area contributed by atoms with Crippen molar-refractivity contribution in [2.45, 2.75) is 52.2 Å². The third-order valence-corrected chi connectivity index (χ3v) is 3.74. The minimum atomic E-state index is 0.180. The molecule has 1 aliphatic heterocycles. The molecule has 0 amide bonds. The molecule has 0 aromatic carbocycles. The molecule has 4 heteroatoms. The van der Waals surface area contributed by atoms with Crippen LogP contribution in [0, 0.1) is 6.92 Å². The van der Waals surface area contributed by atoms with Gasteiger partial charge in [-0.1, -0.05) is 6.07 Å². The lowest BCUT2D eigenvalue weighted by molar-refractivity contribution is 0.0525. The minimum Gasteiger partial charge on any atom is -0.377 e. The third kappa shape index (κ3) is 3.93. The van der Waals surface area contributed by atoms with Crippen LogP contribution in [0.2, 0.25) is 0 Å². The van der Waals surface area contributed by atoms with E-state index in [9.17, 15) is 0 Å². The second-order valence-electron chi connectivity index (χ2n) is 5.83. The fourth-order valence-electron chi connectivity index (χ4n) is 2.94. The van der Waals surface area contributed by atoms with Gasteiger partial charge < -0.3 is 15.4 Å². The molecule has 0 radical (unpaired) electrons. The van der Waals surface area contributed by atoms with Gasteiger partial charge in [-0.2, -0.15) is 0 Å². The maximum absolute atomic E-state index is 5.85. The van der Waals surface area contributed by atoms with Crippen molar-refractivity contribution in [3.05, 3.63) is 23.4 Å². The summed E-state index contributed by atoms with van der Waals surface area (Å²) in [5.74, 6) is 1.10. The summed E-state index contributed by atoms with van der Waals surface area (Å²) in [5, 5.41) is 0. The van der Waals surface area contributed by atoms with Crippen LogP contribution in [-0.4, -0.2) is 36.8 Å². The van der Waals surface area contributed by atoms with Gasteiger partial charge in [0.05, 0.1) is 6.10 Å². The van der Waals surface area contributed by atoms with Gasteiger partial charge in [0.15, 0.2) is 0 Å². The first-order valence-corrected chi connectivity index (χ1v) is 7.67. The zero-order valence-electron chi connectivity index (χ0n) is 12.9. The molecule has 0 aliphatic carbocycles. The number of aryl methyl sites for hydroxylation is 1. The number of nitrogens with two attached hydrogens (primary N) is 1. The Labute approximate surface area is 122 Å². The van der Waals surface area contributed by atoms with Gasteiger partial charge in [0.1, 0.15) is 5.82 Å². The van der Waals surface area contributed by atoms with Crippen LogP contribution in [-0.2, 0) is 11.2 Å². The quantitative estimate of drug-likeness (QED) is 0.897. The molecule has 2 N–H and O–H groups in total. The van der Waals surface area contributed by atoms with E-state index in [1.54, 1.807) is 0 Å². The highest BCUT2D eigenvalue weighted by molar-refractivity contribution is 5.48. The average Bonchev–Trinajstić information content (AvgIpc) is 2.39. The highest BCUT2D eigenvalue weighted by atomic mass is 16.5. The number of aromatic nitrogens is 1. The highest BCUT2D eigenvalue weighted by Gasteiger charge is 2.22. The van der Waals surface area contributed by atoms with Crippen molar-refractivity contribution in [3.8, 4) is 0 Å². The number of hydrogen-bond donors (Lipinski definition) is 1. The Morgan fingerprint density at radius 1 is 1.55 bits per heavy atom. The molecule has 20 heavy (non-hydrogen) atoms. The summed E-state index contributed by atoms with van der Waals surface area (Å²) in [6, 6.07) is 2.40. The van der Waals surface area contributed by atoms with Crippen molar-refractivity contribution < 1.29 is 4.74 Å². The van der Waals surface area contributed by atoms with Crippen LogP contribution in [0.1, 0.15) is 37.8 Å². The minimum absolute atomic E-state index is 0.180. The van der Waals surface area contributed by atoms with Crippen LogP contribution in [0.25, 0.3) is 0 Å². The van der Waals surface area contributed by atoms with Crippen molar-refractivity contribution in [3.63, 3.8) is 0 Å². The summed E-state index contributed by atoms with van der Waals surface area (Å²) in [4.78, 5) is 7.02. The summed E-state index contributed by atoms with van der Waals surface area (Å²) in [5.41, 5.74) is 8.31. The predicted molar refractivity (Wildman–Crippen MR) is 83.2 cm³/mol. The van der Waals surface area contributed by atoms with E-state index in [0.717, 1.165) is 38.4 Å². The van der Waals surface area contributed by atoms with Gasteiger partial charge in [0.2, 0.25) is 0 Å². The lowest BCUT2D eigenvalue weighted by Crippen LogP contribution is -2.40. The van der Waals surface area contributed by atoms with E-state index < -0.39 is 0 Å². The molecule has 0 spiro atoms. The Morgan fingerprint density at radius 2 is 2.35 bits per heavy atom. The highest BCUT2D eigenvalue weighted by Crippen LogP contribution is 2.23. The number of anilines is 1. The van der Waals surface area contributed by atoms with E-state index in [1.807, 2.05) is 13.1 Å². The van der Waals surface area contributed by atoms with E-state index in [4.69, 9.17) is 10.5 Å². The van der Waals surface area contributed by atoms with Crippen molar-refractivity contribution in [1.29, 1.82) is 0 Å². The number of rotatable bonds is 5. The Morgan fingerprint density at radius 3 is 3.00 bits per heavy atom. The predicted octanol–water partition coefficient (Wildman–Crippen LogP) is 2.29. The Kier molecular flexibility index (Phi) is 5.38. The topological polar surface area (TPSA) is 51.4 Å². The summed E-state index contributed by atoms with van der Waals surface area (Å²) in [6.07, 6.45) is 5.53. The first-order chi connectivity index (χ1) is 9.60. The van der Waals surface area contributed by atoms with Crippen LogP contribution >= 0.6 is 0 Å². The fraction of sp³-hybridized carbons (Fsp3) is 0.688. The van der Waals surface area contributed by atoms with Crippen molar-refractivity contribution >= 4 is 5.82 Å². The fourth-order valence-corrected chi connectivity index (χ4v) is 2.94. The molecule has 1 aliphatic rings. The molecule has 2 unspecified atom stereocenters. The molecule has 1 aromatic rings. The lowest BCUT2D eigenvalue weighted by atomic mass is 10.1. The van der Waals surface area contributed by atoms with E-state index in [1.165, 1.54) is 17.5 Å². The van der Waals surface area contributed by atoms with Crippen LogP contribution < -0.4 is 10.6 Å². The summed E-state index contributed by atoms with van der Waals surface area (Å²) in [7, 11) is 0. The summed E-state index contributed by atoms with van der Waals surface area (Å²) in [6.45, 7) is 9.04. The first-order valence-electron chi connectivity index (χ1n) is 7.67. The van der Waals surface area contributed by atoms with E-state index in [0.29, 0.717) is 6.10 Å². The number of ether oxygens (including phenoxy) is 1. The van der Waals surface area contributed by atoms with Crippen molar-refractivity contribution in [2.75, 3.05) is 24.6 Å². The summed E-state index contributed by atoms with van der Waals surface area (Å²) < 4.78 is 5.76. The van der Waals surface area contributed by atoms with Crippen molar-refractivity contribution in [2.24, 2.45) is 5.73 Å². The van der Waals surface area contributed by atoms with Gasteiger partial charge in [0.25, 0.3) is 0 Å². The zero-order chi connectivity index (χ0) is 14.5. The Bertz CT molecular complexity index is 432. The SMILES string of the molecule is CCOC1CCCN(c2ncc(CC(C)N)cc2C)C1. The lowest BCUT2D eigenvalue weighted by Gasteiger charge is -2.34. The number of piperidine rings is 1. The molecular formula is C16H27N3O. The Balaban J connectivity index is 2.08. The maximum atomic E-state index is 5.85. The standard InChI is InChI=1S/C16H27N3O/c1-4-20-15-6-5-7-19(11-15)16-12(2)8-14(10-18-16)9-13(3)17/h8,10,13,15H,4-7,9,11,17H2,1-3H3. The number of pyridine rings is 1. The molecule has 2 atom stereocenters. The molecule has 1 fully saturated rings. The van der Waals surface area contributed by atoms with Gasteiger partial charge in [-0.25, -0.2) is 4.98 Å². The van der Waals surface area contributed by atoms with Gasteiger partial charge in [-0.3, -0.25) is 0 Å². The summed E-state index contributed by atoms with van der Waals surface area (Å²) >= 11 is 0. The largest absolute Gasteiger partial charge is 0.377 e. The molecule has 112 valence electrons. The third-order valence-electron chi connectivity index (χ3n) is 3.74. The monoisotopic (exact) mass is 277 g/mol. The van der Waals surface area contributed by atoms with Crippen molar-refractivity contribution in [1.82, 2.24) is 4.98 Å². The van der Waals surface area contributed by atoms with E-state index in [2.05, 4.69) is 29.8 Å². The first kappa shape index (κ1) is 15.3. The van der Waals surface area contributed by atoms with E-state index >= 15 is 0 Å². The second kappa shape index (κ2) is 7.04.